The van der Waals surface area contributed by atoms with E-state index in [1.807, 2.05) is 0 Å². The summed E-state index contributed by atoms with van der Waals surface area (Å²) in [5.41, 5.74) is 0. The summed E-state index contributed by atoms with van der Waals surface area (Å²) in [4.78, 5) is 36.4. The average Bonchev–Trinajstić information content (AvgIpc) is 3.26. The monoisotopic (exact) mass is 951 g/mol. The molecule has 25 atom stereocenters. The smallest absolute Gasteiger partial charge is 0.217 e. The van der Waals surface area contributed by atoms with Gasteiger partial charge in [0.25, 0.3) is 0 Å². The minimum atomic E-state index is -2.23. The summed E-state index contributed by atoms with van der Waals surface area (Å²) < 4.78 is 52.0. The lowest BCUT2D eigenvalue weighted by atomic mass is 9.94. The zero-order valence-electron chi connectivity index (χ0n) is 35.1. The molecule has 376 valence electrons. The van der Waals surface area contributed by atoms with E-state index in [1.165, 1.54) is 0 Å². The molecule has 0 bridgehead atoms. The molecule has 29 nitrogen and oxygen atoms in total. The highest BCUT2D eigenvalue weighted by atomic mass is 16.8. The number of aliphatic hydroxyl groups excluding tert-OH is 14. The Bertz CT molecular complexity index is 1560. The van der Waals surface area contributed by atoms with E-state index in [0.717, 1.165) is 20.8 Å². The molecule has 3 amide bonds. The van der Waals surface area contributed by atoms with Gasteiger partial charge in [-0.05, 0) is 0 Å². The number of aliphatic hydroxyl groups is 14. The van der Waals surface area contributed by atoms with Crippen molar-refractivity contribution in [1.29, 1.82) is 0 Å². The van der Waals surface area contributed by atoms with E-state index in [9.17, 15) is 85.9 Å². The Morgan fingerprint density at radius 3 is 1.17 bits per heavy atom. The van der Waals surface area contributed by atoms with Crippen LogP contribution in [-0.4, -0.2) is 276 Å². The Morgan fingerprint density at radius 1 is 0.369 bits per heavy atom. The van der Waals surface area contributed by atoms with Gasteiger partial charge < -0.3 is 130 Å². The minimum Gasteiger partial charge on any atom is -0.394 e. The standard InChI is InChI=1S/C36H61N3O26/c1-9(45)37-17-23(51)20(48)12(4-40)58-33(17)62-28-15(7-43)60-35(26(54)25(28)53)63-29-16(8-44)61-36(64-30-19(39-11(3)47)32(56)57-14(6-42)22(30)50)27(55)31(29)65-34-18(38-10(2)46)24(52)21(49)13(5-41)59-34/h12-36,40-44,48-56H,4-8H2,1-3H3,(H,37,45)(H,38,46)(H,39,47)/t12-,13-,14-,15-,16-,17+,18-,19-,20-,21+,22+,23-,24-,25-,26-,27-,28+,29+,30-,31-,32+,33+,34+,35-,36+/m1/s1. The molecular weight excluding hydrogens is 890 g/mol. The summed E-state index contributed by atoms with van der Waals surface area (Å²) in [5, 5.41) is 157. The van der Waals surface area contributed by atoms with Gasteiger partial charge in [0.1, 0.15) is 122 Å². The van der Waals surface area contributed by atoms with Crippen LogP contribution < -0.4 is 16.0 Å². The van der Waals surface area contributed by atoms with Crippen molar-refractivity contribution in [2.45, 2.75) is 174 Å². The van der Waals surface area contributed by atoms with Crippen molar-refractivity contribution in [2.24, 2.45) is 0 Å². The molecule has 0 radical (unpaired) electrons. The third-order valence-corrected chi connectivity index (χ3v) is 11.5. The average molecular weight is 952 g/mol. The number of hydrogen-bond acceptors (Lipinski definition) is 26. The molecule has 0 unspecified atom stereocenters. The van der Waals surface area contributed by atoms with Crippen LogP contribution in [-0.2, 0) is 57.0 Å². The molecule has 5 saturated heterocycles. The van der Waals surface area contributed by atoms with Crippen molar-refractivity contribution < 1.29 is 129 Å². The molecule has 0 aliphatic carbocycles. The summed E-state index contributed by atoms with van der Waals surface area (Å²) in [6.45, 7) is -1.57. The Balaban J connectivity index is 1.48. The Hall–Kier alpha value is -2.51. The molecular formula is C36H61N3O26. The molecule has 29 heteroatoms. The summed E-state index contributed by atoms with van der Waals surface area (Å²) >= 11 is 0. The second-order valence-corrected chi connectivity index (χ2v) is 16.2. The van der Waals surface area contributed by atoms with Crippen molar-refractivity contribution in [3.05, 3.63) is 0 Å². The molecule has 5 heterocycles. The fourth-order valence-electron chi connectivity index (χ4n) is 8.23. The van der Waals surface area contributed by atoms with Gasteiger partial charge in [-0.25, -0.2) is 0 Å². The first kappa shape index (κ1) is 53.4. The van der Waals surface area contributed by atoms with Crippen LogP contribution in [0.3, 0.4) is 0 Å². The predicted octanol–water partition coefficient (Wildman–Crippen LogP) is -11.5. The van der Waals surface area contributed by atoms with E-state index in [4.69, 9.17) is 42.6 Å². The first-order valence-corrected chi connectivity index (χ1v) is 20.6. The van der Waals surface area contributed by atoms with Gasteiger partial charge >= 0.3 is 0 Å². The normalized spacial score (nSPS) is 47.1. The zero-order valence-corrected chi connectivity index (χ0v) is 35.1. The van der Waals surface area contributed by atoms with Gasteiger partial charge in [-0.2, -0.15) is 0 Å². The highest BCUT2D eigenvalue weighted by molar-refractivity contribution is 5.74. The summed E-state index contributed by atoms with van der Waals surface area (Å²) in [5.74, 6) is -2.27. The number of amides is 3. The van der Waals surface area contributed by atoms with Gasteiger partial charge in [0.2, 0.25) is 17.7 Å². The van der Waals surface area contributed by atoms with Crippen molar-refractivity contribution in [3.8, 4) is 0 Å². The number of carbonyl (C=O) groups is 3. The zero-order chi connectivity index (χ0) is 48.2. The molecule has 5 rings (SSSR count). The first-order chi connectivity index (χ1) is 30.7. The quantitative estimate of drug-likeness (QED) is 0.0683. The first-order valence-electron chi connectivity index (χ1n) is 20.6. The number of nitrogens with one attached hydrogen (secondary N) is 3. The lowest BCUT2D eigenvalue weighted by molar-refractivity contribution is -0.395. The molecule has 5 fully saturated rings. The highest BCUT2D eigenvalue weighted by Crippen LogP contribution is 2.37. The maximum atomic E-state index is 12.3. The summed E-state index contributed by atoms with van der Waals surface area (Å²) in [7, 11) is 0. The number of hydrogen-bond donors (Lipinski definition) is 17. The maximum Gasteiger partial charge on any atom is 0.217 e. The van der Waals surface area contributed by atoms with Crippen LogP contribution in [0.2, 0.25) is 0 Å². The third kappa shape index (κ3) is 11.9. The van der Waals surface area contributed by atoms with Crippen molar-refractivity contribution in [2.75, 3.05) is 33.0 Å². The SMILES string of the molecule is CC(=O)N[C@@H]1[C@H](O[C@@H]2[C@H](O)[C@@H](O)[C@@H](O[C@@H]3[C@H](O[C@@H]4O[C@H](CO)[C@H](O)[C@H](O)[C@H]4NC(C)=O)[C@@H](O)[C@H](O[C@H]4[C@@H](O)[C@@H](CO)O[C@H](O)[C@@H]4NC(C)=O)O[C@@H]3CO)O[C@@H]2CO)O[C@H](CO)[C@@H](O)[C@@H]1O. The largest absolute Gasteiger partial charge is 0.394 e. The topological polar surface area (TPSA) is 454 Å². The molecule has 0 spiro atoms. The fourth-order valence-corrected chi connectivity index (χ4v) is 8.23. The lowest BCUT2D eigenvalue weighted by Gasteiger charge is -2.51. The Morgan fingerprint density at radius 2 is 0.723 bits per heavy atom. The molecule has 0 saturated carbocycles. The number of ether oxygens (including phenoxy) is 9. The van der Waals surface area contributed by atoms with Crippen LogP contribution in [0.1, 0.15) is 20.8 Å². The van der Waals surface area contributed by atoms with Gasteiger partial charge in [0.15, 0.2) is 31.5 Å². The third-order valence-electron chi connectivity index (χ3n) is 11.5. The number of rotatable bonds is 16. The van der Waals surface area contributed by atoms with E-state index in [2.05, 4.69) is 16.0 Å². The maximum absolute atomic E-state index is 12.3. The van der Waals surface area contributed by atoms with Crippen molar-refractivity contribution in [3.63, 3.8) is 0 Å². The van der Waals surface area contributed by atoms with Gasteiger partial charge in [-0.3, -0.25) is 14.4 Å². The second kappa shape index (κ2) is 23.2. The molecule has 5 aliphatic rings. The van der Waals surface area contributed by atoms with Gasteiger partial charge in [-0.15, -0.1) is 0 Å². The molecule has 0 aromatic carbocycles. The van der Waals surface area contributed by atoms with Gasteiger partial charge in [-0.1, -0.05) is 0 Å². The molecule has 5 aliphatic heterocycles. The van der Waals surface area contributed by atoms with Crippen LogP contribution in [0.5, 0.6) is 0 Å². The fraction of sp³-hybridized carbons (Fsp3) is 0.917. The summed E-state index contributed by atoms with van der Waals surface area (Å²) in [6.07, 6.45) is -41.0. The lowest BCUT2D eigenvalue weighted by Crippen LogP contribution is -2.70. The van der Waals surface area contributed by atoms with Crippen LogP contribution in [0, 0.1) is 0 Å². The van der Waals surface area contributed by atoms with E-state index < -0.39 is 204 Å². The van der Waals surface area contributed by atoms with Crippen molar-refractivity contribution >= 4 is 17.7 Å². The van der Waals surface area contributed by atoms with Crippen LogP contribution in [0.25, 0.3) is 0 Å². The molecule has 0 aromatic heterocycles. The van der Waals surface area contributed by atoms with Gasteiger partial charge in [0, 0.05) is 20.8 Å². The molecule has 17 N–H and O–H groups in total. The van der Waals surface area contributed by atoms with Crippen LogP contribution in [0.4, 0.5) is 0 Å². The van der Waals surface area contributed by atoms with Crippen LogP contribution in [0.15, 0.2) is 0 Å². The summed E-state index contributed by atoms with van der Waals surface area (Å²) in [6, 6.07) is -4.80. The minimum absolute atomic E-state index is 0.726. The van der Waals surface area contributed by atoms with Crippen molar-refractivity contribution in [1.82, 2.24) is 16.0 Å². The Labute approximate surface area is 369 Å². The predicted molar refractivity (Wildman–Crippen MR) is 201 cm³/mol. The number of carbonyl (C=O) groups excluding carboxylic acids is 3. The van der Waals surface area contributed by atoms with Crippen LogP contribution >= 0.6 is 0 Å². The molecule has 0 aromatic rings. The second-order valence-electron chi connectivity index (χ2n) is 16.2. The van der Waals surface area contributed by atoms with E-state index in [1.54, 1.807) is 0 Å². The highest BCUT2D eigenvalue weighted by Gasteiger charge is 2.58. The van der Waals surface area contributed by atoms with E-state index in [0.29, 0.717) is 0 Å². The molecule has 65 heavy (non-hydrogen) atoms. The van der Waals surface area contributed by atoms with E-state index in [-0.39, 0.29) is 0 Å². The van der Waals surface area contributed by atoms with E-state index >= 15 is 0 Å². The Kier molecular flexibility index (Phi) is 19.1. The van der Waals surface area contributed by atoms with Gasteiger partial charge in [0.05, 0.1) is 33.0 Å².